The standard InChI is InChI=1S/C30H35FN4O3/c1-5-38-27(36)9-7-6-8-17-34-18-16-21-12-15-24(19-26(21)34)33-29(37)25-20-32-35(30(2,3)4)28(25)22-10-13-23(31)14-11-22/h10-16,18-20H,5-9,17H2,1-4H3,(H,33,37). The van der Waals surface area contributed by atoms with E-state index in [4.69, 9.17) is 4.74 Å². The molecule has 8 heteroatoms. The lowest BCUT2D eigenvalue weighted by Crippen LogP contribution is -2.24. The first-order valence-electron chi connectivity index (χ1n) is 13.1. The number of ether oxygens (including phenoxy) is 1. The van der Waals surface area contributed by atoms with Crippen LogP contribution >= 0.6 is 0 Å². The number of aryl methyl sites for hydroxylation is 1. The van der Waals surface area contributed by atoms with Crippen molar-refractivity contribution < 1.29 is 18.7 Å². The van der Waals surface area contributed by atoms with E-state index >= 15 is 0 Å². The van der Waals surface area contributed by atoms with Gasteiger partial charge < -0.3 is 14.6 Å². The predicted molar refractivity (Wildman–Crippen MR) is 148 cm³/mol. The van der Waals surface area contributed by atoms with Crippen molar-refractivity contribution in [3.63, 3.8) is 0 Å². The third kappa shape index (κ3) is 6.30. The van der Waals surface area contributed by atoms with Crippen LogP contribution < -0.4 is 5.32 Å². The van der Waals surface area contributed by atoms with Crippen LogP contribution in [-0.2, 0) is 21.6 Å². The van der Waals surface area contributed by atoms with E-state index in [-0.39, 0.29) is 23.2 Å². The van der Waals surface area contributed by atoms with E-state index in [0.717, 1.165) is 42.3 Å². The average molecular weight is 519 g/mol. The highest BCUT2D eigenvalue weighted by Gasteiger charge is 2.25. The summed E-state index contributed by atoms with van der Waals surface area (Å²) in [5.41, 5.74) is 3.11. The number of unbranched alkanes of at least 4 members (excludes halogenated alkanes) is 2. The SMILES string of the molecule is CCOC(=O)CCCCCn1ccc2ccc(NC(=O)c3cnn(C(C)(C)C)c3-c3ccc(F)cc3)cc21. The Labute approximate surface area is 222 Å². The number of hydrogen-bond acceptors (Lipinski definition) is 4. The Morgan fingerprint density at radius 2 is 1.79 bits per heavy atom. The fraction of sp³-hybridized carbons (Fsp3) is 0.367. The van der Waals surface area contributed by atoms with Gasteiger partial charge >= 0.3 is 5.97 Å². The maximum Gasteiger partial charge on any atom is 0.305 e. The van der Waals surface area contributed by atoms with Gasteiger partial charge in [0.25, 0.3) is 5.91 Å². The van der Waals surface area contributed by atoms with Gasteiger partial charge in [-0.05, 0) is 88.4 Å². The number of fused-ring (bicyclic) bond motifs is 1. The van der Waals surface area contributed by atoms with E-state index in [1.54, 1.807) is 23.0 Å². The number of halogens is 1. The van der Waals surface area contributed by atoms with Crippen molar-refractivity contribution in [3.05, 3.63) is 72.3 Å². The number of aromatic nitrogens is 3. The van der Waals surface area contributed by atoms with Crippen LogP contribution in [0.1, 0.15) is 63.7 Å². The monoisotopic (exact) mass is 518 g/mol. The van der Waals surface area contributed by atoms with E-state index in [0.29, 0.717) is 30.0 Å². The van der Waals surface area contributed by atoms with Crippen LogP contribution in [0.5, 0.6) is 0 Å². The summed E-state index contributed by atoms with van der Waals surface area (Å²) in [5, 5.41) is 8.61. The summed E-state index contributed by atoms with van der Waals surface area (Å²) in [5.74, 6) is -0.761. The second-order valence-electron chi connectivity index (χ2n) is 10.3. The molecule has 4 rings (SSSR count). The molecule has 0 saturated carbocycles. The Balaban J connectivity index is 1.50. The van der Waals surface area contributed by atoms with Gasteiger partial charge in [0.05, 0.1) is 35.1 Å². The van der Waals surface area contributed by atoms with Gasteiger partial charge in [0.2, 0.25) is 0 Å². The molecule has 2 heterocycles. The van der Waals surface area contributed by atoms with Crippen molar-refractivity contribution in [1.29, 1.82) is 0 Å². The number of nitrogens with one attached hydrogen (secondary N) is 1. The zero-order valence-corrected chi connectivity index (χ0v) is 22.5. The fourth-order valence-electron chi connectivity index (χ4n) is 4.53. The zero-order valence-electron chi connectivity index (χ0n) is 22.5. The number of benzene rings is 2. The van der Waals surface area contributed by atoms with E-state index in [1.165, 1.54) is 12.1 Å². The Bertz CT molecular complexity index is 1410. The van der Waals surface area contributed by atoms with Gasteiger partial charge in [0.15, 0.2) is 0 Å². The Kier molecular flexibility index (Phi) is 8.29. The van der Waals surface area contributed by atoms with Crippen LogP contribution in [0.25, 0.3) is 22.2 Å². The maximum atomic E-state index is 13.6. The van der Waals surface area contributed by atoms with Crippen LogP contribution in [0, 0.1) is 5.82 Å². The molecule has 0 bridgehead atoms. The second-order valence-corrected chi connectivity index (χ2v) is 10.3. The Morgan fingerprint density at radius 3 is 2.50 bits per heavy atom. The molecule has 2 aromatic heterocycles. The quantitative estimate of drug-likeness (QED) is 0.186. The molecular formula is C30H35FN4O3. The molecule has 0 spiro atoms. The first kappa shape index (κ1) is 27.1. The normalized spacial score (nSPS) is 11.6. The summed E-state index contributed by atoms with van der Waals surface area (Å²) < 4.78 is 22.5. The first-order chi connectivity index (χ1) is 18.2. The zero-order chi connectivity index (χ0) is 27.3. The summed E-state index contributed by atoms with van der Waals surface area (Å²) in [6.45, 7) is 9.07. The molecule has 0 unspecified atom stereocenters. The summed E-state index contributed by atoms with van der Waals surface area (Å²) in [4.78, 5) is 25.0. The highest BCUT2D eigenvalue weighted by atomic mass is 19.1. The molecule has 0 aliphatic carbocycles. The van der Waals surface area contributed by atoms with Crippen molar-refractivity contribution in [3.8, 4) is 11.3 Å². The minimum Gasteiger partial charge on any atom is -0.466 e. The molecule has 0 atom stereocenters. The summed E-state index contributed by atoms with van der Waals surface area (Å²) in [6, 6.07) is 14.0. The Morgan fingerprint density at radius 1 is 1.03 bits per heavy atom. The molecule has 0 radical (unpaired) electrons. The molecule has 0 aliphatic heterocycles. The highest BCUT2D eigenvalue weighted by Crippen LogP contribution is 2.30. The van der Waals surface area contributed by atoms with Crippen molar-refractivity contribution in [2.45, 2.75) is 65.5 Å². The molecule has 38 heavy (non-hydrogen) atoms. The number of anilines is 1. The van der Waals surface area contributed by atoms with Crippen LogP contribution in [0.15, 0.2) is 60.9 Å². The lowest BCUT2D eigenvalue weighted by Gasteiger charge is -2.23. The van der Waals surface area contributed by atoms with E-state index < -0.39 is 0 Å². The second kappa shape index (κ2) is 11.6. The third-order valence-corrected chi connectivity index (χ3v) is 6.38. The predicted octanol–water partition coefficient (Wildman–Crippen LogP) is 6.77. The lowest BCUT2D eigenvalue weighted by molar-refractivity contribution is -0.143. The maximum absolute atomic E-state index is 13.6. The van der Waals surface area contributed by atoms with Crippen LogP contribution in [0.2, 0.25) is 0 Å². The Hall–Kier alpha value is -3.94. The van der Waals surface area contributed by atoms with Crippen molar-refractivity contribution in [2.24, 2.45) is 0 Å². The molecule has 200 valence electrons. The van der Waals surface area contributed by atoms with Gasteiger partial charge in [-0.2, -0.15) is 5.10 Å². The molecular weight excluding hydrogens is 483 g/mol. The van der Waals surface area contributed by atoms with Crippen LogP contribution in [-0.4, -0.2) is 32.8 Å². The van der Waals surface area contributed by atoms with Crippen LogP contribution in [0.4, 0.5) is 10.1 Å². The van der Waals surface area contributed by atoms with Gasteiger partial charge in [0, 0.05) is 30.4 Å². The van der Waals surface area contributed by atoms with Crippen molar-refractivity contribution in [2.75, 3.05) is 11.9 Å². The summed E-state index contributed by atoms with van der Waals surface area (Å²) >= 11 is 0. The molecule has 0 saturated heterocycles. The molecule has 0 aliphatic rings. The smallest absolute Gasteiger partial charge is 0.305 e. The number of carbonyl (C=O) groups excluding carboxylic acids is 2. The molecule has 2 aromatic carbocycles. The summed E-state index contributed by atoms with van der Waals surface area (Å²) in [6.07, 6.45) is 6.73. The molecule has 4 aromatic rings. The fourth-order valence-corrected chi connectivity index (χ4v) is 4.53. The molecule has 0 fully saturated rings. The topological polar surface area (TPSA) is 78.2 Å². The van der Waals surface area contributed by atoms with E-state index in [9.17, 15) is 14.0 Å². The number of nitrogens with zero attached hydrogens (tertiary/aromatic N) is 3. The molecule has 7 nitrogen and oxygen atoms in total. The average Bonchev–Trinajstić information content (AvgIpc) is 3.49. The van der Waals surface area contributed by atoms with Gasteiger partial charge in [-0.3, -0.25) is 14.3 Å². The molecule has 1 N–H and O–H groups in total. The number of esters is 1. The van der Waals surface area contributed by atoms with Gasteiger partial charge in [-0.15, -0.1) is 0 Å². The molecule has 1 amide bonds. The third-order valence-electron chi connectivity index (χ3n) is 6.38. The highest BCUT2D eigenvalue weighted by molar-refractivity contribution is 6.08. The number of rotatable bonds is 10. The van der Waals surface area contributed by atoms with E-state index in [2.05, 4.69) is 21.0 Å². The largest absolute Gasteiger partial charge is 0.466 e. The van der Waals surface area contributed by atoms with Gasteiger partial charge in [-0.1, -0.05) is 12.5 Å². The first-order valence-corrected chi connectivity index (χ1v) is 13.1. The lowest BCUT2D eigenvalue weighted by atomic mass is 10.0. The minimum absolute atomic E-state index is 0.144. The number of amides is 1. The van der Waals surface area contributed by atoms with Crippen LogP contribution in [0.3, 0.4) is 0 Å². The van der Waals surface area contributed by atoms with Crippen molar-refractivity contribution >= 4 is 28.5 Å². The van der Waals surface area contributed by atoms with Crippen molar-refractivity contribution in [1.82, 2.24) is 14.3 Å². The van der Waals surface area contributed by atoms with Gasteiger partial charge in [-0.25, -0.2) is 4.39 Å². The number of hydrogen-bond donors (Lipinski definition) is 1. The number of carbonyl (C=O) groups is 2. The minimum atomic E-state index is -0.377. The van der Waals surface area contributed by atoms with Gasteiger partial charge in [0.1, 0.15) is 5.82 Å². The van der Waals surface area contributed by atoms with E-state index in [1.807, 2.05) is 52.1 Å². The summed E-state index contributed by atoms with van der Waals surface area (Å²) in [7, 11) is 0.